The highest BCUT2D eigenvalue weighted by Gasteiger charge is 2.27. The van der Waals surface area contributed by atoms with Gasteiger partial charge in [-0.2, -0.15) is 5.10 Å². The van der Waals surface area contributed by atoms with Gasteiger partial charge in [-0.25, -0.2) is 9.59 Å². The molecule has 9 nitrogen and oxygen atoms in total. The predicted molar refractivity (Wildman–Crippen MR) is 111 cm³/mol. The number of hydrogen-bond donors (Lipinski definition) is 1. The number of carbonyl (C=O) groups is 3. The van der Waals surface area contributed by atoms with Crippen molar-refractivity contribution in [1.82, 2.24) is 14.7 Å². The molecule has 2 aromatic rings. The Balaban J connectivity index is 1.87. The Kier molecular flexibility index (Phi) is 7.28. The molecule has 1 aromatic carbocycles. The van der Waals surface area contributed by atoms with Crippen molar-refractivity contribution in [3.05, 3.63) is 47.3 Å². The molecule has 0 aliphatic heterocycles. The molecule has 0 radical (unpaired) electrons. The second kappa shape index (κ2) is 10.1. The van der Waals surface area contributed by atoms with Crippen molar-refractivity contribution in [1.29, 1.82) is 0 Å². The van der Waals surface area contributed by atoms with Crippen LogP contribution in [0.15, 0.2) is 30.5 Å². The van der Waals surface area contributed by atoms with Crippen LogP contribution in [0, 0.1) is 0 Å². The molecule has 0 saturated heterocycles. The van der Waals surface area contributed by atoms with Gasteiger partial charge in [-0.15, -0.1) is 0 Å². The van der Waals surface area contributed by atoms with E-state index in [9.17, 15) is 14.4 Å². The molecular formula is C22H27N3O6. The summed E-state index contributed by atoms with van der Waals surface area (Å²) in [6.45, 7) is 0.202. The lowest BCUT2D eigenvalue weighted by molar-refractivity contribution is -0.135. The second-order valence-corrected chi connectivity index (χ2v) is 7.54. The normalized spacial score (nSPS) is 14.1. The zero-order valence-corrected chi connectivity index (χ0v) is 17.7. The van der Waals surface area contributed by atoms with E-state index in [0.29, 0.717) is 16.9 Å². The first-order chi connectivity index (χ1) is 14.9. The number of benzene rings is 1. The first-order valence-corrected chi connectivity index (χ1v) is 10.2. The van der Waals surface area contributed by atoms with Gasteiger partial charge in [-0.3, -0.25) is 9.48 Å². The summed E-state index contributed by atoms with van der Waals surface area (Å²) in [7, 11) is 2.86. The van der Waals surface area contributed by atoms with Crippen LogP contribution < -0.4 is 4.74 Å². The van der Waals surface area contributed by atoms with Crippen LogP contribution in [0.5, 0.6) is 5.75 Å². The van der Waals surface area contributed by atoms with Crippen molar-refractivity contribution in [3.8, 4) is 5.75 Å². The minimum absolute atomic E-state index is 0.0576. The van der Waals surface area contributed by atoms with Gasteiger partial charge in [0.25, 0.3) is 0 Å². The van der Waals surface area contributed by atoms with Gasteiger partial charge in [0.2, 0.25) is 5.91 Å². The molecule has 1 fully saturated rings. The van der Waals surface area contributed by atoms with Crippen LogP contribution in [0.25, 0.3) is 0 Å². The van der Waals surface area contributed by atoms with Gasteiger partial charge < -0.3 is 19.5 Å². The van der Waals surface area contributed by atoms with E-state index in [2.05, 4.69) is 5.10 Å². The van der Waals surface area contributed by atoms with Crippen molar-refractivity contribution in [2.45, 2.75) is 51.2 Å². The highest BCUT2D eigenvalue weighted by Crippen LogP contribution is 2.28. The lowest BCUT2D eigenvalue weighted by atomic mass is 9.93. The molecule has 1 amide bonds. The van der Waals surface area contributed by atoms with Gasteiger partial charge in [-0.05, 0) is 37.1 Å². The van der Waals surface area contributed by atoms with Gasteiger partial charge in [0.15, 0.2) is 5.69 Å². The van der Waals surface area contributed by atoms with Crippen LogP contribution >= 0.6 is 0 Å². The number of carboxylic acids is 1. The topological polar surface area (TPSA) is 111 Å². The first-order valence-electron chi connectivity index (χ1n) is 10.2. The summed E-state index contributed by atoms with van der Waals surface area (Å²) in [5.74, 6) is -1.19. The molecule has 0 unspecified atom stereocenters. The SMILES string of the molecule is COC(=O)c1ccc(OC)c(CN(C(=O)Cn2ccc(C(=O)O)n2)C2CCCCC2)c1. The number of methoxy groups -OCH3 is 2. The fourth-order valence-corrected chi connectivity index (χ4v) is 3.94. The van der Waals surface area contributed by atoms with Gasteiger partial charge >= 0.3 is 11.9 Å². The minimum Gasteiger partial charge on any atom is -0.496 e. The van der Waals surface area contributed by atoms with Crippen molar-refractivity contribution >= 4 is 17.8 Å². The van der Waals surface area contributed by atoms with E-state index >= 15 is 0 Å². The van der Waals surface area contributed by atoms with E-state index in [4.69, 9.17) is 14.6 Å². The highest BCUT2D eigenvalue weighted by molar-refractivity contribution is 5.89. The van der Waals surface area contributed by atoms with Gasteiger partial charge in [0, 0.05) is 24.3 Å². The molecule has 0 bridgehead atoms. The summed E-state index contributed by atoms with van der Waals surface area (Å²) < 4.78 is 11.6. The van der Waals surface area contributed by atoms with Crippen molar-refractivity contribution < 1.29 is 29.0 Å². The summed E-state index contributed by atoms with van der Waals surface area (Å²) in [4.78, 5) is 38.1. The Morgan fingerprint density at radius 3 is 2.52 bits per heavy atom. The van der Waals surface area contributed by atoms with E-state index in [1.165, 1.54) is 24.1 Å². The quantitative estimate of drug-likeness (QED) is 0.642. The van der Waals surface area contributed by atoms with Crippen molar-refractivity contribution in [2.24, 2.45) is 0 Å². The standard InChI is InChI=1S/C22H27N3O6/c1-30-19-9-8-15(22(29)31-2)12-16(19)13-25(17-6-4-3-5-7-17)20(26)14-24-11-10-18(23-24)21(27)28/h8-12,17H,3-7,13-14H2,1-2H3,(H,27,28). The summed E-state index contributed by atoms with van der Waals surface area (Å²) in [6.07, 6.45) is 6.49. The van der Waals surface area contributed by atoms with E-state index in [1.807, 2.05) is 0 Å². The van der Waals surface area contributed by atoms with Crippen molar-refractivity contribution in [3.63, 3.8) is 0 Å². The fourth-order valence-electron chi connectivity index (χ4n) is 3.94. The van der Waals surface area contributed by atoms with Crippen molar-refractivity contribution in [2.75, 3.05) is 14.2 Å². The van der Waals surface area contributed by atoms with E-state index < -0.39 is 11.9 Å². The van der Waals surface area contributed by atoms with Crippen LogP contribution in [-0.2, 0) is 22.6 Å². The average molecular weight is 429 g/mol. The van der Waals surface area contributed by atoms with Gasteiger partial charge in [0.1, 0.15) is 12.3 Å². The zero-order valence-electron chi connectivity index (χ0n) is 17.7. The third-order valence-corrected chi connectivity index (χ3v) is 5.54. The largest absolute Gasteiger partial charge is 0.496 e. The number of rotatable bonds is 8. The Morgan fingerprint density at radius 1 is 1.16 bits per heavy atom. The van der Waals surface area contributed by atoms with E-state index in [-0.39, 0.29) is 30.7 Å². The molecule has 1 aromatic heterocycles. The Labute approximate surface area is 180 Å². The minimum atomic E-state index is -1.14. The van der Waals surface area contributed by atoms with Crippen LogP contribution in [-0.4, -0.2) is 57.9 Å². The number of nitrogens with zero attached hydrogens (tertiary/aromatic N) is 3. The number of aromatic carboxylic acids is 1. The number of hydrogen-bond acceptors (Lipinski definition) is 6. The maximum absolute atomic E-state index is 13.3. The summed E-state index contributed by atoms with van der Waals surface area (Å²) in [6, 6.07) is 6.42. The number of esters is 1. The third kappa shape index (κ3) is 5.42. The van der Waals surface area contributed by atoms with E-state index in [0.717, 1.165) is 32.1 Å². The lowest BCUT2D eigenvalue weighted by Crippen LogP contribution is -2.42. The Hall–Kier alpha value is -3.36. The van der Waals surface area contributed by atoms with Crippen LogP contribution in [0.1, 0.15) is 58.5 Å². The Morgan fingerprint density at radius 2 is 1.90 bits per heavy atom. The first kappa shape index (κ1) is 22.3. The maximum atomic E-state index is 13.3. The smallest absolute Gasteiger partial charge is 0.356 e. The highest BCUT2D eigenvalue weighted by atomic mass is 16.5. The number of carboxylic acid groups (broad SMARTS) is 1. The molecule has 9 heteroatoms. The molecule has 166 valence electrons. The molecular weight excluding hydrogens is 402 g/mol. The zero-order chi connectivity index (χ0) is 22.4. The number of amides is 1. The number of ether oxygens (including phenoxy) is 2. The second-order valence-electron chi connectivity index (χ2n) is 7.54. The number of carbonyl (C=O) groups excluding carboxylic acids is 2. The van der Waals surface area contributed by atoms with Gasteiger partial charge in [0.05, 0.1) is 19.8 Å². The van der Waals surface area contributed by atoms with Gasteiger partial charge in [-0.1, -0.05) is 19.3 Å². The molecule has 1 aliphatic carbocycles. The fraction of sp³-hybridized carbons (Fsp3) is 0.455. The Bertz CT molecular complexity index is 948. The molecule has 31 heavy (non-hydrogen) atoms. The molecule has 1 N–H and O–H groups in total. The summed E-state index contributed by atoms with van der Waals surface area (Å²) in [5.41, 5.74) is 0.980. The lowest BCUT2D eigenvalue weighted by Gasteiger charge is -2.35. The molecule has 1 heterocycles. The number of aromatic nitrogens is 2. The molecule has 1 saturated carbocycles. The van der Waals surface area contributed by atoms with Crippen LogP contribution in [0.4, 0.5) is 0 Å². The summed E-state index contributed by atoms with van der Waals surface area (Å²) >= 11 is 0. The third-order valence-electron chi connectivity index (χ3n) is 5.54. The monoisotopic (exact) mass is 429 g/mol. The predicted octanol–water partition coefficient (Wildman–Crippen LogP) is 2.74. The van der Waals surface area contributed by atoms with Crippen LogP contribution in [0.2, 0.25) is 0 Å². The molecule has 0 atom stereocenters. The van der Waals surface area contributed by atoms with Crippen LogP contribution in [0.3, 0.4) is 0 Å². The summed E-state index contributed by atoms with van der Waals surface area (Å²) in [5, 5.41) is 13.0. The molecule has 3 rings (SSSR count). The molecule has 0 spiro atoms. The van der Waals surface area contributed by atoms with E-state index in [1.54, 1.807) is 30.2 Å². The molecule has 1 aliphatic rings. The maximum Gasteiger partial charge on any atom is 0.356 e. The average Bonchev–Trinajstić information content (AvgIpc) is 3.26.